The van der Waals surface area contributed by atoms with Crippen molar-refractivity contribution in [3.8, 4) is 0 Å². The Labute approximate surface area is 116 Å². The zero-order valence-corrected chi connectivity index (χ0v) is 12.3. The predicted octanol–water partition coefficient (Wildman–Crippen LogP) is 0.974. The van der Waals surface area contributed by atoms with Crippen LogP contribution in [-0.2, 0) is 23.2 Å². The molecule has 0 saturated heterocycles. The SMILES string of the molecule is CC(C)(O[P+](=O)OC(C)(C)C(=O)C=[N+]=[N-])C(=O)C=[N+]=[N-]. The second kappa shape index (κ2) is 7.05. The maximum atomic E-state index is 11.7. The van der Waals surface area contributed by atoms with Crippen LogP contribution in [-0.4, -0.2) is 44.8 Å². The zero-order chi connectivity index (χ0) is 16.0. The molecule has 0 aromatic heterocycles. The molecule has 0 rings (SSSR count). The van der Waals surface area contributed by atoms with Crippen LogP contribution in [0.2, 0.25) is 0 Å². The van der Waals surface area contributed by atoms with Gasteiger partial charge in [0.05, 0.1) is 0 Å². The fraction of sp³-hybridized carbons (Fsp3) is 0.600. The van der Waals surface area contributed by atoms with Crippen molar-refractivity contribution in [2.45, 2.75) is 38.9 Å². The summed E-state index contributed by atoms with van der Waals surface area (Å²) < 4.78 is 21.5. The number of hydrogen-bond donors (Lipinski definition) is 0. The van der Waals surface area contributed by atoms with Crippen LogP contribution in [0.3, 0.4) is 0 Å². The second-order valence-corrected chi connectivity index (χ2v) is 5.46. The molecule has 108 valence electrons. The topological polar surface area (TPSA) is 142 Å². The van der Waals surface area contributed by atoms with Crippen LogP contribution in [0.1, 0.15) is 27.7 Å². The number of rotatable bonds is 8. The van der Waals surface area contributed by atoms with E-state index in [0.717, 1.165) is 0 Å². The molecule has 10 heteroatoms. The van der Waals surface area contributed by atoms with Crippen molar-refractivity contribution in [2.75, 3.05) is 0 Å². The number of nitrogens with zero attached hydrogens (tertiary/aromatic N) is 4. The molecule has 0 aliphatic carbocycles. The summed E-state index contributed by atoms with van der Waals surface area (Å²) in [5.41, 5.74) is 13.4. The van der Waals surface area contributed by atoms with Crippen LogP contribution in [0.5, 0.6) is 0 Å². The summed E-state index contributed by atoms with van der Waals surface area (Å²) in [5, 5.41) is 0. The molecule has 0 amide bonds. The third-order valence-electron chi connectivity index (χ3n) is 2.14. The van der Waals surface area contributed by atoms with E-state index in [4.69, 9.17) is 20.1 Å². The van der Waals surface area contributed by atoms with Crippen LogP contribution >= 0.6 is 8.25 Å². The lowest BCUT2D eigenvalue weighted by molar-refractivity contribution is -0.131. The normalized spacial score (nSPS) is 11.9. The van der Waals surface area contributed by atoms with E-state index in [9.17, 15) is 14.2 Å². The molecule has 9 nitrogen and oxygen atoms in total. The Balaban J connectivity index is 4.88. The predicted molar refractivity (Wildman–Crippen MR) is 67.3 cm³/mol. The third-order valence-corrected chi connectivity index (χ3v) is 3.35. The number of carbonyl (C=O) groups is 2. The molecule has 0 bridgehead atoms. The van der Waals surface area contributed by atoms with E-state index < -0.39 is 31.0 Å². The molecule has 0 unspecified atom stereocenters. The Bertz CT molecular complexity index is 484. The van der Waals surface area contributed by atoms with Gasteiger partial charge in [-0.3, -0.25) is 9.59 Å². The van der Waals surface area contributed by atoms with E-state index in [1.807, 2.05) is 0 Å². The Kier molecular flexibility index (Phi) is 6.39. The van der Waals surface area contributed by atoms with Crippen LogP contribution in [0.4, 0.5) is 0 Å². The summed E-state index contributed by atoms with van der Waals surface area (Å²) >= 11 is 0. The number of carbonyl (C=O) groups excluding carboxylic acids is 2. The van der Waals surface area contributed by atoms with Gasteiger partial charge in [-0.15, -0.1) is 9.05 Å². The minimum absolute atomic E-state index is 0.595. The van der Waals surface area contributed by atoms with Crippen molar-refractivity contribution >= 4 is 32.3 Å². The van der Waals surface area contributed by atoms with Crippen molar-refractivity contribution < 1.29 is 32.8 Å². The molecule has 0 heterocycles. The van der Waals surface area contributed by atoms with Gasteiger partial charge >= 0.3 is 20.7 Å². The molecule has 0 N–H and O–H groups in total. The van der Waals surface area contributed by atoms with Crippen molar-refractivity contribution in [1.82, 2.24) is 0 Å². The van der Waals surface area contributed by atoms with E-state index in [-0.39, 0.29) is 0 Å². The molecule has 0 aromatic carbocycles. The van der Waals surface area contributed by atoms with Crippen molar-refractivity contribution in [2.24, 2.45) is 0 Å². The Morgan fingerprint density at radius 3 is 1.50 bits per heavy atom. The van der Waals surface area contributed by atoms with E-state index >= 15 is 0 Å². The van der Waals surface area contributed by atoms with Gasteiger partial charge in [0.1, 0.15) is 0 Å². The Morgan fingerprint density at radius 2 is 1.25 bits per heavy atom. The van der Waals surface area contributed by atoms with Gasteiger partial charge in [-0.05, 0) is 27.7 Å². The summed E-state index contributed by atoms with van der Waals surface area (Å²) in [5.74, 6) is -1.49. The van der Waals surface area contributed by atoms with E-state index in [0.29, 0.717) is 12.4 Å². The molecule has 0 fully saturated rings. The highest BCUT2D eigenvalue weighted by atomic mass is 31.1. The van der Waals surface area contributed by atoms with Gasteiger partial charge in [0.25, 0.3) is 11.6 Å². The molecule has 20 heavy (non-hydrogen) atoms. The molecule has 0 aromatic rings. The summed E-state index contributed by atoms with van der Waals surface area (Å²) in [7, 11) is -2.82. The van der Waals surface area contributed by atoms with Crippen molar-refractivity contribution in [1.29, 1.82) is 0 Å². The number of Topliss-reactive ketones (excluding diaryl/α,β-unsaturated/α-hetero) is 2. The molecule has 0 spiro atoms. The molecule has 0 aliphatic rings. The Morgan fingerprint density at radius 1 is 0.950 bits per heavy atom. The van der Waals surface area contributed by atoms with Gasteiger partial charge in [-0.1, -0.05) is 0 Å². The first-order valence-electron chi connectivity index (χ1n) is 5.36. The largest absolute Gasteiger partial charge is 0.699 e. The van der Waals surface area contributed by atoms with E-state index in [1.54, 1.807) is 0 Å². The first-order valence-corrected chi connectivity index (χ1v) is 6.45. The van der Waals surface area contributed by atoms with Gasteiger partial charge in [0, 0.05) is 4.57 Å². The average Bonchev–Trinajstić information content (AvgIpc) is 2.27. The first kappa shape index (κ1) is 18.1. The fourth-order valence-corrected chi connectivity index (χ4v) is 1.86. The van der Waals surface area contributed by atoms with Gasteiger partial charge < -0.3 is 11.1 Å². The number of hydrogen-bond acceptors (Lipinski definition) is 5. The first-order chi connectivity index (χ1) is 9.06. The molecule has 0 aliphatic heterocycles. The Hall–Kier alpha value is -1.88. The third kappa shape index (κ3) is 5.40. The quantitative estimate of drug-likeness (QED) is 0.284. The van der Waals surface area contributed by atoms with Gasteiger partial charge in [0.15, 0.2) is 11.2 Å². The molecule has 0 radical (unpaired) electrons. The van der Waals surface area contributed by atoms with Gasteiger partial charge in [0.2, 0.25) is 0 Å². The minimum Gasteiger partial charge on any atom is -0.361 e. The maximum Gasteiger partial charge on any atom is 0.699 e. The average molecular weight is 301 g/mol. The number of ketones is 2. The van der Waals surface area contributed by atoms with Gasteiger partial charge in [-0.2, -0.15) is 9.58 Å². The summed E-state index contributed by atoms with van der Waals surface area (Å²) in [6, 6.07) is 0. The van der Waals surface area contributed by atoms with E-state index in [2.05, 4.69) is 9.58 Å². The monoisotopic (exact) mass is 301 g/mol. The molecule has 0 atom stereocenters. The van der Waals surface area contributed by atoms with Crippen LogP contribution in [0, 0.1) is 0 Å². The van der Waals surface area contributed by atoms with Crippen LogP contribution < -0.4 is 0 Å². The summed E-state index contributed by atoms with van der Waals surface area (Å²) in [6.45, 7) is 5.16. The molecular weight excluding hydrogens is 287 g/mol. The highest BCUT2D eigenvalue weighted by Crippen LogP contribution is 2.36. The zero-order valence-electron chi connectivity index (χ0n) is 11.4. The lowest BCUT2D eigenvalue weighted by Crippen LogP contribution is -2.37. The van der Waals surface area contributed by atoms with E-state index in [1.165, 1.54) is 27.7 Å². The minimum atomic E-state index is -2.82. The van der Waals surface area contributed by atoms with Crippen molar-refractivity contribution in [3.63, 3.8) is 0 Å². The maximum absolute atomic E-state index is 11.7. The smallest absolute Gasteiger partial charge is 0.361 e. The standard InChI is InChI=1S/C10H14N4O5P/c1-9(2,7(15)5-13-11)18-20(17)19-10(3,4)8(16)6-14-12/h5-6H,1-4H3/q+1. The summed E-state index contributed by atoms with van der Waals surface area (Å²) in [4.78, 5) is 28.0. The van der Waals surface area contributed by atoms with Gasteiger partial charge in [-0.25, -0.2) is 0 Å². The second-order valence-electron chi connectivity index (χ2n) is 4.64. The van der Waals surface area contributed by atoms with Crippen LogP contribution in [0.15, 0.2) is 0 Å². The lowest BCUT2D eigenvalue weighted by atomic mass is 10.1. The van der Waals surface area contributed by atoms with Crippen molar-refractivity contribution in [3.05, 3.63) is 11.1 Å². The fourth-order valence-electron chi connectivity index (χ4n) is 0.897. The molecular formula is C10H14N4O5P+. The molecule has 0 saturated carbocycles. The lowest BCUT2D eigenvalue weighted by Gasteiger charge is -2.14. The highest BCUT2D eigenvalue weighted by Gasteiger charge is 2.47. The van der Waals surface area contributed by atoms with Crippen LogP contribution in [0.25, 0.3) is 11.1 Å². The highest BCUT2D eigenvalue weighted by molar-refractivity contribution is 7.33. The summed E-state index contributed by atoms with van der Waals surface area (Å²) in [6.07, 6.45) is 1.19.